The van der Waals surface area contributed by atoms with Gasteiger partial charge in [0.2, 0.25) is 0 Å². The second-order valence-corrected chi connectivity index (χ2v) is 3.57. The fourth-order valence-corrected chi connectivity index (χ4v) is 1.40. The molecule has 15 heavy (non-hydrogen) atoms. The van der Waals surface area contributed by atoms with E-state index < -0.39 is 0 Å². The number of benzene rings is 1. The van der Waals surface area contributed by atoms with Crippen molar-refractivity contribution < 1.29 is 9.90 Å². The quantitative estimate of drug-likeness (QED) is 0.783. The first kappa shape index (κ1) is 11.7. The van der Waals surface area contributed by atoms with Crippen LogP contribution in [0.25, 0.3) is 0 Å². The number of nitrogens with one attached hydrogen (secondary N) is 1. The number of carbonyl (C=O) groups is 1. The molecular weight excluding hydrogens is 190 g/mol. The van der Waals surface area contributed by atoms with Crippen molar-refractivity contribution >= 4 is 5.91 Å². The Hall–Kier alpha value is -1.35. The van der Waals surface area contributed by atoms with Crippen LogP contribution in [0.5, 0.6) is 0 Å². The van der Waals surface area contributed by atoms with Gasteiger partial charge in [-0.1, -0.05) is 25.1 Å². The highest BCUT2D eigenvalue weighted by atomic mass is 16.3. The van der Waals surface area contributed by atoms with Crippen LogP contribution in [0, 0.1) is 0 Å². The second kappa shape index (κ2) is 5.51. The summed E-state index contributed by atoms with van der Waals surface area (Å²) in [5.41, 5.74) is 1.72. The van der Waals surface area contributed by atoms with Crippen LogP contribution in [0.2, 0.25) is 0 Å². The first-order valence-corrected chi connectivity index (χ1v) is 5.18. The molecule has 1 aromatic rings. The summed E-state index contributed by atoms with van der Waals surface area (Å²) in [4.78, 5) is 11.8. The van der Waals surface area contributed by atoms with E-state index in [0.29, 0.717) is 5.56 Å². The van der Waals surface area contributed by atoms with E-state index in [1.165, 1.54) is 0 Å². The van der Waals surface area contributed by atoms with Crippen LogP contribution in [0.3, 0.4) is 0 Å². The van der Waals surface area contributed by atoms with E-state index in [9.17, 15) is 4.79 Å². The van der Waals surface area contributed by atoms with Gasteiger partial charge in [0.1, 0.15) is 0 Å². The zero-order valence-electron chi connectivity index (χ0n) is 9.16. The van der Waals surface area contributed by atoms with E-state index in [2.05, 4.69) is 5.32 Å². The molecule has 1 aromatic carbocycles. The van der Waals surface area contributed by atoms with Gasteiger partial charge < -0.3 is 10.4 Å². The number of rotatable bonds is 4. The topological polar surface area (TPSA) is 49.3 Å². The third-order valence-electron chi connectivity index (χ3n) is 2.29. The molecule has 0 aromatic heterocycles. The molecule has 0 aliphatic heterocycles. The van der Waals surface area contributed by atoms with Crippen LogP contribution in [-0.2, 0) is 6.42 Å². The molecule has 0 heterocycles. The summed E-state index contributed by atoms with van der Waals surface area (Å²) in [7, 11) is 0. The van der Waals surface area contributed by atoms with Crippen molar-refractivity contribution in [2.75, 3.05) is 6.61 Å². The predicted octanol–water partition coefficient (Wildman–Crippen LogP) is 1.36. The molecule has 3 nitrogen and oxygen atoms in total. The van der Waals surface area contributed by atoms with Crippen molar-refractivity contribution in [3.05, 3.63) is 35.4 Å². The number of aliphatic hydroxyl groups excluding tert-OH is 1. The van der Waals surface area contributed by atoms with Gasteiger partial charge in [-0.2, -0.15) is 0 Å². The van der Waals surface area contributed by atoms with E-state index in [1.807, 2.05) is 25.1 Å². The Labute approximate surface area is 90.1 Å². The monoisotopic (exact) mass is 207 g/mol. The van der Waals surface area contributed by atoms with Crippen LogP contribution in [-0.4, -0.2) is 23.7 Å². The van der Waals surface area contributed by atoms with Crippen LogP contribution in [0.15, 0.2) is 24.3 Å². The molecule has 0 bridgehead atoms. The van der Waals surface area contributed by atoms with Gasteiger partial charge in [0.15, 0.2) is 0 Å². The van der Waals surface area contributed by atoms with E-state index in [1.54, 1.807) is 13.0 Å². The Kier molecular flexibility index (Phi) is 4.31. The maximum atomic E-state index is 11.8. The lowest BCUT2D eigenvalue weighted by molar-refractivity contribution is 0.0921. The molecule has 1 amide bonds. The number of hydrogen-bond donors (Lipinski definition) is 2. The highest BCUT2D eigenvalue weighted by Crippen LogP contribution is 2.09. The van der Waals surface area contributed by atoms with Gasteiger partial charge >= 0.3 is 0 Å². The molecule has 1 rings (SSSR count). The molecule has 0 unspecified atom stereocenters. The molecule has 0 saturated carbocycles. The Morgan fingerprint density at radius 3 is 2.73 bits per heavy atom. The minimum absolute atomic E-state index is 0.0416. The Bertz CT molecular complexity index is 336. The predicted molar refractivity (Wildman–Crippen MR) is 59.8 cm³/mol. The Balaban J connectivity index is 2.81. The number of amides is 1. The first-order chi connectivity index (χ1) is 7.19. The van der Waals surface area contributed by atoms with Crippen molar-refractivity contribution in [1.29, 1.82) is 0 Å². The van der Waals surface area contributed by atoms with Gasteiger partial charge in [-0.25, -0.2) is 0 Å². The normalized spacial score (nSPS) is 12.2. The van der Waals surface area contributed by atoms with Gasteiger partial charge in [0.05, 0.1) is 6.61 Å². The van der Waals surface area contributed by atoms with E-state index >= 15 is 0 Å². The van der Waals surface area contributed by atoms with E-state index in [4.69, 9.17) is 5.11 Å². The molecule has 1 atom stereocenters. The van der Waals surface area contributed by atoms with Gasteiger partial charge in [-0.15, -0.1) is 0 Å². The summed E-state index contributed by atoms with van der Waals surface area (Å²) in [6.07, 6.45) is 0.830. The van der Waals surface area contributed by atoms with E-state index in [-0.39, 0.29) is 18.6 Å². The fraction of sp³-hybridized carbons (Fsp3) is 0.417. The molecule has 0 fully saturated rings. The molecule has 0 spiro atoms. The molecule has 0 aliphatic rings. The lowest BCUT2D eigenvalue weighted by Gasteiger charge is -2.12. The van der Waals surface area contributed by atoms with Crippen LogP contribution < -0.4 is 5.32 Å². The summed E-state index contributed by atoms with van der Waals surface area (Å²) in [5, 5.41) is 11.6. The summed E-state index contributed by atoms with van der Waals surface area (Å²) in [6.45, 7) is 3.74. The number of aliphatic hydroxyl groups is 1. The van der Waals surface area contributed by atoms with Gasteiger partial charge in [-0.3, -0.25) is 4.79 Å². The van der Waals surface area contributed by atoms with Crippen molar-refractivity contribution in [2.24, 2.45) is 0 Å². The average Bonchev–Trinajstić information content (AvgIpc) is 2.28. The summed E-state index contributed by atoms with van der Waals surface area (Å²) in [6, 6.07) is 7.31. The minimum atomic E-state index is -0.206. The maximum absolute atomic E-state index is 11.8. The smallest absolute Gasteiger partial charge is 0.251 e. The third kappa shape index (κ3) is 3.06. The fourth-order valence-electron chi connectivity index (χ4n) is 1.40. The van der Waals surface area contributed by atoms with Crippen LogP contribution in [0.1, 0.15) is 29.8 Å². The molecule has 3 heteroatoms. The largest absolute Gasteiger partial charge is 0.394 e. The SMILES string of the molecule is CCc1ccccc1C(=O)N[C@@H](C)CO. The molecule has 0 radical (unpaired) electrons. The van der Waals surface area contributed by atoms with Crippen molar-refractivity contribution in [3.8, 4) is 0 Å². The lowest BCUT2D eigenvalue weighted by atomic mass is 10.0. The highest BCUT2D eigenvalue weighted by molar-refractivity contribution is 5.95. The second-order valence-electron chi connectivity index (χ2n) is 3.57. The number of carbonyl (C=O) groups excluding carboxylic acids is 1. The maximum Gasteiger partial charge on any atom is 0.251 e. The molecule has 82 valence electrons. The average molecular weight is 207 g/mol. The zero-order valence-corrected chi connectivity index (χ0v) is 9.16. The molecule has 2 N–H and O–H groups in total. The summed E-state index contributed by atoms with van der Waals surface area (Å²) < 4.78 is 0. The van der Waals surface area contributed by atoms with Crippen molar-refractivity contribution in [2.45, 2.75) is 26.3 Å². The van der Waals surface area contributed by atoms with Crippen LogP contribution in [0.4, 0.5) is 0 Å². The number of aryl methyl sites for hydroxylation is 1. The number of hydrogen-bond acceptors (Lipinski definition) is 2. The summed E-state index contributed by atoms with van der Waals surface area (Å²) >= 11 is 0. The highest BCUT2D eigenvalue weighted by Gasteiger charge is 2.11. The summed E-state index contributed by atoms with van der Waals surface area (Å²) in [5.74, 6) is -0.117. The Morgan fingerprint density at radius 1 is 1.47 bits per heavy atom. The standard InChI is InChI=1S/C12H17NO2/c1-3-10-6-4-5-7-11(10)12(15)13-9(2)8-14/h4-7,9,14H,3,8H2,1-2H3,(H,13,15)/t9-/m0/s1. The third-order valence-corrected chi connectivity index (χ3v) is 2.29. The Morgan fingerprint density at radius 2 is 2.13 bits per heavy atom. The molecular formula is C12H17NO2. The lowest BCUT2D eigenvalue weighted by Crippen LogP contribution is -2.35. The molecule has 0 aliphatic carbocycles. The van der Waals surface area contributed by atoms with Crippen molar-refractivity contribution in [3.63, 3.8) is 0 Å². The minimum Gasteiger partial charge on any atom is -0.394 e. The van der Waals surface area contributed by atoms with E-state index in [0.717, 1.165) is 12.0 Å². The van der Waals surface area contributed by atoms with Gasteiger partial charge in [-0.05, 0) is 25.0 Å². The molecule has 0 saturated heterocycles. The van der Waals surface area contributed by atoms with Gasteiger partial charge in [0, 0.05) is 11.6 Å². The first-order valence-electron chi connectivity index (χ1n) is 5.18. The zero-order chi connectivity index (χ0) is 11.3. The van der Waals surface area contributed by atoms with Crippen LogP contribution >= 0.6 is 0 Å². The van der Waals surface area contributed by atoms with Gasteiger partial charge in [0.25, 0.3) is 5.91 Å². The van der Waals surface area contributed by atoms with Crippen molar-refractivity contribution in [1.82, 2.24) is 5.32 Å².